The standard InChI is InChI=1S/C8H13NO3/c1-3-6(8(10)11)7(4-2)12-5-9/h6-7H,3-4H2,1-2H3,(H,10,11). The molecule has 0 saturated heterocycles. The number of rotatable bonds is 5. The Kier molecular flexibility index (Phi) is 4.86. The van der Waals surface area contributed by atoms with E-state index in [1.54, 1.807) is 13.8 Å². The van der Waals surface area contributed by atoms with Crippen molar-refractivity contribution in [3.63, 3.8) is 0 Å². The van der Waals surface area contributed by atoms with E-state index < -0.39 is 18.0 Å². The molecule has 4 heteroatoms. The summed E-state index contributed by atoms with van der Waals surface area (Å²) >= 11 is 0. The Hall–Kier alpha value is -1.24. The van der Waals surface area contributed by atoms with Gasteiger partial charge in [-0.3, -0.25) is 4.79 Å². The van der Waals surface area contributed by atoms with E-state index in [9.17, 15) is 4.79 Å². The van der Waals surface area contributed by atoms with Crippen LogP contribution in [0.4, 0.5) is 0 Å². The van der Waals surface area contributed by atoms with Crippen molar-refractivity contribution in [3.05, 3.63) is 0 Å². The molecule has 0 fully saturated rings. The lowest BCUT2D eigenvalue weighted by Gasteiger charge is -2.17. The molecule has 2 atom stereocenters. The molecule has 0 aliphatic rings. The van der Waals surface area contributed by atoms with Crippen LogP contribution >= 0.6 is 0 Å². The van der Waals surface area contributed by atoms with Gasteiger partial charge in [0.1, 0.15) is 6.10 Å². The van der Waals surface area contributed by atoms with Crippen LogP contribution in [0.25, 0.3) is 0 Å². The highest BCUT2D eigenvalue weighted by Gasteiger charge is 2.26. The molecule has 0 bridgehead atoms. The van der Waals surface area contributed by atoms with Crippen LogP contribution in [-0.4, -0.2) is 17.2 Å². The zero-order valence-corrected chi connectivity index (χ0v) is 7.28. The van der Waals surface area contributed by atoms with Crippen LogP contribution in [0.2, 0.25) is 0 Å². The van der Waals surface area contributed by atoms with Crippen molar-refractivity contribution in [3.8, 4) is 6.26 Å². The van der Waals surface area contributed by atoms with Gasteiger partial charge in [-0.2, -0.15) is 5.26 Å². The Morgan fingerprint density at radius 2 is 2.17 bits per heavy atom. The molecule has 0 aromatic carbocycles. The van der Waals surface area contributed by atoms with E-state index in [2.05, 4.69) is 4.74 Å². The summed E-state index contributed by atoms with van der Waals surface area (Å²) in [6, 6.07) is 0. The maximum Gasteiger partial charge on any atom is 0.310 e. The number of carboxylic acids is 1. The summed E-state index contributed by atoms with van der Waals surface area (Å²) in [5.74, 6) is -1.48. The third kappa shape index (κ3) is 2.79. The molecule has 0 heterocycles. The van der Waals surface area contributed by atoms with E-state index >= 15 is 0 Å². The fourth-order valence-electron chi connectivity index (χ4n) is 1.11. The molecule has 2 unspecified atom stereocenters. The molecule has 0 rings (SSSR count). The summed E-state index contributed by atoms with van der Waals surface area (Å²) in [4.78, 5) is 10.6. The lowest BCUT2D eigenvalue weighted by Crippen LogP contribution is -2.28. The molecule has 0 radical (unpaired) electrons. The van der Waals surface area contributed by atoms with E-state index in [1.807, 2.05) is 0 Å². The van der Waals surface area contributed by atoms with Crippen LogP contribution in [0, 0.1) is 17.4 Å². The predicted molar refractivity (Wildman–Crippen MR) is 42.2 cm³/mol. The molecule has 68 valence electrons. The Morgan fingerprint density at radius 3 is 2.42 bits per heavy atom. The monoisotopic (exact) mass is 171 g/mol. The van der Waals surface area contributed by atoms with Gasteiger partial charge >= 0.3 is 5.97 Å². The number of nitriles is 1. The van der Waals surface area contributed by atoms with Crippen molar-refractivity contribution in [1.29, 1.82) is 5.26 Å². The molecule has 0 aromatic heterocycles. The van der Waals surface area contributed by atoms with Gasteiger partial charge < -0.3 is 9.84 Å². The normalized spacial score (nSPS) is 14.4. The minimum Gasteiger partial charge on any atom is -0.481 e. The van der Waals surface area contributed by atoms with Gasteiger partial charge in [-0.1, -0.05) is 13.8 Å². The Morgan fingerprint density at radius 1 is 1.58 bits per heavy atom. The number of aliphatic carboxylic acids is 1. The van der Waals surface area contributed by atoms with Gasteiger partial charge in [0.05, 0.1) is 5.92 Å². The Labute approximate surface area is 71.8 Å². The molecule has 1 N–H and O–H groups in total. The van der Waals surface area contributed by atoms with Gasteiger partial charge in [0, 0.05) is 0 Å². The van der Waals surface area contributed by atoms with Crippen molar-refractivity contribution in [1.82, 2.24) is 0 Å². The van der Waals surface area contributed by atoms with Crippen molar-refractivity contribution in [2.24, 2.45) is 5.92 Å². The first kappa shape index (κ1) is 10.8. The highest BCUT2D eigenvalue weighted by molar-refractivity contribution is 5.70. The van der Waals surface area contributed by atoms with E-state index in [4.69, 9.17) is 10.4 Å². The van der Waals surface area contributed by atoms with Crippen molar-refractivity contribution in [2.45, 2.75) is 32.8 Å². The highest BCUT2D eigenvalue weighted by Crippen LogP contribution is 2.15. The molecule has 0 spiro atoms. The second kappa shape index (κ2) is 5.42. The average molecular weight is 171 g/mol. The molecule has 0 aliphatic heterocycles. The fourth-order valence-corrected chi connectivity index (χ4v) is 1.11. The molecule has 0 amide bonds. The van der Waals surface area contributed by atoms with E-state index in [0.717, 1.165) is 0 Å². The predicted octanol–water partition coefficient (Wildman–Crippen LogP) is 1.37. The molecule has 0 aromatic rings. The number of nitrogens with zero attached hydrogens (tertiary/aromatic N) is 1. The fraction of sp³-hybridized carbons (Fsp3) is 0.750. The summed E-state index contributed by atoms with van der Waals surface area (Å²) in [7, 11) is 0. The summed E-state index contributed by atoms with van der Waals surface area (Å²) in [6.07, 6.45) is 2.06. The molecular formula is C8H13NO3. The van der Waals surface area contributed by atoms with Gasteiger partial charge in [0.25, 0.3) is 6.26 Å². The van der Waals surface area contributed by atoms with Crippen molar-refractivity contribution >= 4 is 5.97 Å². The first-order valence-electron chi connectivity index (χ1n) is 3.94. The molecule has 0 saturated carbocycles. The number of hydrogen-bond donors (Lipinski definition) is 1. The smallest absolute Gasteiger partial charge is 0.310 e. The van der Waals surface area contributed by atoms with Crippen LogP contribution in [0.3, 0.4) is 0 Å². The topological polar surface area (TPSA) is 70.3 Å². The summed E-state index contributed by atoms with van der Waals surface area (Å²) in [5.41, 5.74) is 0. The van der Waals surface area contributed by atoms with Crippen molar-refractivity contribution in [2.75, 3.05) is 0 Å². The van der Waals surface area contributed by atoms with Gasteiger partial charge in [0.2, 0.25) is 0 Å². The maximum atomic E-state index is 10.6. The van der Waals surface area contributed by atoms with Gasteiger partial charge in [-0.15, -0.1) is 0 Å². The largest absolute Gasteiger partial charge is 0.481 e. The van der Waals surface area contributed by atoms with Crippen LogP contribution in [0.1, 0.15) is 26.7 Å². The van der Waals surface area contributed by atoms with Crippen LogP contribution in [0.5, 0.6) is 0 Å². The van der Waals surface area contributed by atoms with Crippen LogP contribution in [-0.2, 0) is 9.53 Å². The van der Waals surface area contributed by atoms with E-state index in [0.29, 0.717) is 12.8 Å². The first-order chi connectivity index (χ1) is 5.67. The number of ether oxygens (including phenoxy) is 1. The zero-order chi connectivity index (χ0) is 9.56. The number of hydrogen-bond acceptors (Lipinski definition) is 3. The summed E-state index contributed by atoms with van der Waals surface area (Å²) in [5, 5.41) is 16.9. The van der Waals surface area contributed by atoms with E-state index in [-0.39, 0.29) is 0 Å². The number of carbonyl (C=O) groups is 1. The van der Waals surface area contributed by atoms with Crippen molar-refractivity contribution < 1.29 is 14.6 Å². The molecule has 0 aliphatic carbocycles. The molecular weight excluding hydrogens is 158 g/mol. The highest BCUT2D eigenvalue weighted by atomic mass is 16.5. The second-order valence-electron chi connectivity index (χ2n) is 2.51. The van der Waals surface area contributed by atoms with Crippen LogP contribution in [0.15, 0.2) is 0 Å². The third-order valence-electron chi connectivity index (χ3n) is 1.81. The SMILES string of the molecule is CCC(OC#N)C(CC)C(=O)O. The quantitative estimate of drug-likeness (QED) is 0.634. The van der Waals surface area contributed by atoms with Gasteiger partial charge in [-0.05, 0) is 12.8 Å². The third-order valence-corrected chi connectivity index (χ3v) is 1.81. The maximum absolute atomic E-state index is 10.6. The van der Waals surface area contributed by atoms with Gasteiger partial charge in [0.15, 0.2) is 0 Å². The average Bonchev–Trinajstić information content (AvgIpc) is 2.03. The first-order valence-corrected chi connectivity index (χ1v) is 3.94. The second-order valence-corrected chi connectivity index (χ2v) is 2.51. The zero-order valence-electron chi connectivity index (χ0n) is 7.28. The number of carboxylic acid groups (broad SMARTS) is 1. The Bertz CT molecular complexity index is 185. The lowest BCUT2D eigenvalue weighted by atomic mass is 9.98. The Balaban J connectivity index is 4.24. The summed E-state index contributed by atoms with van der Waals surface area (Å²) in [6.45, 7) is 3.57. The van der Waals surface area contributed by atoms with E-state index in [1.165, 1.54) is 6.26 Å². The molecule has 12 heavy (non-hydrogen) atoms. The minimum atomic E-state index is -0.903. The van der Waals surface area contributed by atoms with Gasteiger partial charge in [-0.25, -0.2) is 0 Å². The minimum absolute atomic E-state index is 0.482. The summed E-state index contributed by atoms with van der Waals surface area (Å²) < 4.78 is 4.63. The molecule has 4 nitrogen and oxygen atoms in total. The lowest BCUT2D eigenvalue weighted by molar-refractivity contribution is -0.145. The van der Waals surface area contributed by atoms with Crippen LogP contribution < -0.4 is 0 Å².